The van der Waals surface area contributed by atoms with Crippen molar-refractivity contribution in [1.29, 1.82) is 0 Å². The van der Waals surface area contributed by atoms with Crippen molar-refractivity contribution < 1.29 is 14.3 Å². The lowest BCUT2D eigenvalue weighted by molar-refractivity contribution is -0.122. The molecule has 0 aliphatic rings. The van der Waals surface area contributed by atoms with Crippen molar-refractivity contribution in [3.8, 4) is 22.9 Å². The number of nitrogens with zero attached hydrogens (tertiary/aromatic N) is 3. The number of halogens is 1. The number of rotatable bonds is 7. The van der Waals surface area contributed by atoms with Crippen LogP contribution in [-0.4, -0.2) is 38.9 Å². The van der Waals surface area contributed by atoms with Crippen molar-refractivity contribution in [2.75, 3.05) is 12.4 Å². The van der Waals surface area contributed by atoms with Gasteiger partial charge in [0.2, 0.25) is 0 Å². The van der Waals surface area contributed by atoms with Crippen LogP contribution in [0.15, 0.2) is 42.5 Å². The number of nitrogens with one attached hydrogen (secondary N) is 2. The number of carbonyl (C=O) groups excluding carboxylic acids is 1. The Morgan fingerprint density at radius 2 is 2.00 bits per heavy atom. The van der Waals surface area contributed by atoms with E-state index in [1.807, 2.05) is 44.2 Å². The Morgan fingerprint density at radius 1 is 1.23 bits per heavy atom. The monoisotopic (exact) mass is 495 g/mol. The van der Waals surface area contributed by atoms with Crippen LogP contribution in [0.4, 0.5) is 5.69 Å². The van der Waals surface area contributed by atoms with E-state index in [0.717, 1.165) is 11.3 Å². The number of ether oxygens (including phenoxy) is 2. The Hall–Kier alpha value is -3.52. The Labute approximate surface area is 209 Å². The van der Waals surface area contributed by atoms with Crippen molar-refractivity contribution in [1.82, 2.24) is 19.8 Å². The lowest BCUT2D eigenvalue weighted by Gasteiger charge is -2.18. The molecule has 0 saturated heterocycles. The molecule has 8 nitrogen and oxygen atoms in total. The second-order valence-electron chi connectivity index (χ2n) is 9.46. The zero-order valence-corrected chi connectivity index (χ0v) is 21.5. The lowest BCUT2D eigenvalue weighted by atomic mass is 9.92. The molecule has 0 spiro atoms. The van der Waals surface area contributed by atoms with Gasteiger partial charge in [-0.15, -0.1) is 5.10 Å². The molecule has 0 fully saturated rings. The maximum absolute atomic E-state index is 12.9. The van der Waals surface area contributed by atoms with Gasteiger partial charge in [-0.2, -0.15) is 4.63 Å². The standard InChI is InChI=1S/C26H30ClN5O3/c1-7-19(35-17-10-8-9-15(2)13-17)25(33)28-16-11-12-18(20(14-16)34-6)23-29-24-21(27)22(26(3,4)5)30-32(24)31-23/h8-14,19,30H,7H2,1-6H3,(H,28,33). The van der Waals surface area contributed by atoms with Crippen LogP contribution < -0.4 is 14.8 Å². The van der Waals surface area contributed by atoms with Crippen LogP contribution in [-0.2, 0) is 10.2 Å². The number of methoxy groups -OCH3 is 1. The Morgan fingerprint density at radius 3 is 2.63 bits per heavy atom. The number of fused-ring (bicyclic) bond motifs is 1. The van der Waals surface area contributed by atoms with Gasteiger partial charge in [-0.1, -0.05) is 51.4 Å². The summed E-state index contributed by atoms with van der Waals surface area (Å²) in [7, 11) is 1.56. The van der Waals surface area contributed by atoms with Gasteiger partial charge in [-0.05, 0) is 43.2 Å². The van der Waals surface area contributed by atoms with Gasteiger partial charge in [0.25, 0.3) is 5.91 Å². The van der Waals surface area contributed by atoms with E-state index in [9.17, 15) is 4.79 Å². The van der Waals surface area contributed by atoms with Crippen molar-refractivity contribution in [2.45, 2.75) is 52.6 Å². The van der Waals surface area contributed by atoms with Crippen LogP contribution in [0.5, 0.6) is 11.5 Å². The fourth-order valence-corrected chi connectivity index (χ4v) is 4.21. The summed E-state index contributed by atoms with van der Waals surface area (Å²) in [5, 5.41) is 11.2. The van der Waals surface area contributed by atoms with Crippen LogP contribution >= 0.6 is 11.6 Å². The molecular weight excluding hydrogens is 466 g/mol. The molecule has 35 heavy (non-hydrogen) atoms. The molecule has 2 heterocycles. The van der Waals surface area contributed by atoms with E-state index < -0.39 is 6.10 Å². The number of H-pyrrole nitrogens is 1. The first-order valence-electron chi connectivity index (χ1n) is 11.5. The van der Waals surface area contributed by atoms with E-state index in [2.05, 4.69) is 41.3 Å². The number of amides is 1. The number of aromatic amines is 1. The van der Waals surface area contributed by atoms with Gasteiger partial charge in [-0.3, -0.25) is 9.89 Å². The minimum Gasteiger partial charge on any atom is -0.496 e. The number of aromatic nitrogens is 4. The van der Waals surface area contributed by atoms with Gasteiger partial charge < -0.3 is 14.8 Å². The highest BCUT2D eigenvalue weighted by Crippen LogP contribution is 2.34. The smallest absolute Gasteiger partial charge is 0.265 e. The number of benzene rings is 2. The van der Waals surface area contributed by atoms with Crippen molar-refractivity contribution in [3.05, 3.63) is 58.7 Å². The molecule has 184 valence electrons. The molecule has 9 heteroatoms. The summed E-state index contributed by atoms with van der Waals surface area (Å²) in [6.45, 7) is 10.1. The van der Waals surface area contributed by atoms with Crippen molar-refractivity contribution in [3.63, 3.8) is 0 Å². The summed E-state index contributed by atoms with van der Waals surface area (Å²) in [4.78, 5) is 17.5. The predicted molar refractivity (Wildman–Crippen MR) is 138 cm³/mol. The zero-order chi connectivity index (χ0) is 25.3. The molecule has 1 amide bonds. The summed E-state index contributed by atoms with van der Waals surface area (Å²) in [6, 6.07) is 13.0. The average molecular weight is 496 g/mol. The third-order valence-corrected chi connectivity index (χ3v) is 5.99. The maximum Gasteiger partial charge on any atom is 0.265 e. The molecule has 0 bridgehead atoms. The van der Waals surface area contributed by atoms with Crippen LogP contribution in [0, 0.1) is 6.92 Å². The largest absolute Gasteiger partial charge is 0.496 e. The van der Waals surface area contributed by atoms with Crippen molar-refractivity contribution >= 4 is 28.8 Å². The van der Waals surface area contributed by atoms with E-state index in [-0.39, 0.29) is 11.3 Å². The van der Waals surface area contributed by atoms with Gasteiger partial charge in [-0.25, -0.2) is 4.98 Å². The molecule has 1 unspecified atom stereocenters. The highest BCUT2D eigenvalue weighted by atomic mass is 35.5. The average Bonchev–Trinajstić information content (AvgIpc) is 3.36. The second-order valence-corrected chi connectivity index (χ2v) is 9.84. The van der Waals surface area contributed by atoms with Crippen LogP contribution in [0.1, 0.15) is 45.4 Å². The van der Waals surface area contributed by atoms with Gasteiger partial charge in [0.1, 0.15) is 16.5 Å². The van der Waals surface area contributed by atoms with Gasteiger partial charge in [0.15, 0.2) is 17.6 Å². The fraction of sp³-hybridized carbons (Fsp3) is 0.346. The Balaban J connectivity index is 1.55. The molecule has 2 aromatic carbocycles. The molecule has 2 aromatic heterocycles. The SMILES string of the molecule is CCC(Oc1cccc(C)c1)C(=O)Nc1ccc(-c2nc3c(Cl)c(C(C)(C)C)[nH]n3n2)c(OC)c1. The van der Waals surface area contributed by atoms with Crippen molar-refractivity contribution in [2.24, 2.45) is 0 Å². The van der Waals surface area contributed by atoms with Gasteiger partial charge in [0, 0.05) is 17.2 Å². The van der Waals surface area contributed by atoms with Crippen LogP contribution in [0.25, 0.3) is 17.0 Å². The molecular formula is C26H30ClN5O3. The molecule has 1 atom stereocenters. The van der Waals surface area contributed by atoms with Gasteiger partial charge in [0.05, 0.1) is 18.4 Å². The number of hydrogen-bond donors (Lipinski definition) is 2. The molecule has 0 saturated carbocycles. The lowest BCUT2D eigenvalue weighted by Crippen LogP contribution is -2.32. The first-order chi connectivity index (χ1) is 16.6. The minimum atomic E-state index is -0.628. The summed E-state index contributed by atoms with van der Waals surface area (Å²) in [5.41, 5.74) is 3.57. The molecule has 0 radical (unpaired) electrons. The topological polar surface area (TPSA) is 93.5 Å². The van der Waals surface area contributed by atoms with E-state index in [4.69, 9.17) is 21.1 Å². The van der Waals surface area contributed by atoms with E-state index in [1.54, 1.807) is 23.9 Å². The summed E-state index contributed by atoms with van der Waals surface area (Å²) in [6.07, 6.45) is -0.103. The van der Waals surface area contributed by atoms with Crippen LogP contribution in [0.2, 0.25) is 5.02 Å². The Bertz CT molecular complexity index is 1370. The number of hydrogen-bond acceptors (Lipinski definition) is 5. The fourth-order valence-electron chi connectivity index (χ4n) is 3.76. The molecule has 2 N–H and O–H groups in total. The summed E-state index contributed by atoms with van der Waals surface area (Å²) >= 11 is 6.56. The highest BCUT2D eigenvalue weighted by Gasteiger charge is 2.25. The van der Waals surface area contributed by atoms with E-state index in [0.29, 0.717) is 45.7 Å². The van der Waals surface area contributed by atoms with E-state index in [1.165, 1.54) is 0 Å². The molecule has 0 aliphatic heterocycles. The number of aryl methyl sites for hydroxylation is 1. The quantitative estimate of drug-likeness (QED) is 0.338. The predicted octanol–water partition coefficient (Wildman–Crippen LogP) is 5.79. The first kappa shape index (κ1) is 24.6. The normalized spacial score (nSPS) is 12.5. The van der Waals surface area contributed by atoms with E-state index >= 15 is 0 Å². The Kier molecular flexibility index (Phi) is 6.76. The molecule has 4 rings (SSSR count). The second kappa shape index (κ2) is 9.62. The van der Waals surface area contributed by atoms with Gasteiger partial charge >= 0.3 is 0 Å². The number of anilines is 1. The third kappa shape index (κ3) is 5.12. The zero-order valence-electron chi connectivity index (χ0n) is 20.8. The molecule has 4 aromatic rings. The summed E-state index contributed by atoms with van der Waals surface area (Å²) in [5.74, 6) is 1.41. The first-order valence-corrected chi connectivity index (χ1v) is 11.9. The highest BCUT2D eigenvalue weighted by molar-refractivity contribution is 6.34. The summed E-state index contributed by atoms with van der Waals surface area (Å²) < 4.78 is 13.1. The third-order valence-electron chi connectivity index (χ3n) is 5.63. The molecule has 0 aliphatic carbocycles. The number of carbonyl (C=O) groups is 1. The minimum absolute atomic E-state index is 0.170. The van der Waals surface area contributed by atoms with Crippen LogP contribution in [0.3, 0.4) is 0 Å². The maximum atomic E-state index is 12.9.